The first-order chi connectivity index (χ1) is 8.69. The van der Waals surface area contributed by atoms with E-state index >= 15 is 0 Å². The Morgan fingerprint density at radius 2 is 1.67 bits per heavy atom. The molecule has 0 aliphatic carbocycles. The van der Waals surface area contributed by atoms with Crippen LogP contribution in [0.15, 0.2) is 36.4 Å². The minimum absolute atomic E-state index is 0.205. The van der Waals surface area contributed by atoms with E-state index in [1.807, 2.05) is 30.3 Å². The summed E-state index contributed by atoms with van der Waals surface area (Å²) in [6.07, 6.45) is 2.24. The summed E-state index contributed by atoms with van der Waals surface area (Å²) in [7, 11) is -0.205. The van der Waals surface area contributed by atoms with Gasteiger partial charge >= 0.3 is 0 Å². The zero-order valence-electron chi connectivity index (χ0n) is 10.6. The quantitative estimate of drug-likeness (QED) is 0.476. The van der Waals surface area contributed by atoms with Gasteiger partial charge in [0, 0.05) is 6.07 Å². The van der Waals surface area contributed by atoms with Crippen LogP contribution >= 0.6 is 7.92 Å². The second-order valence-electron chi connectivity index (χ2n) is 4.08. The van der Waals surface area contributed by atoms with Gasteiger partial charge in [-0.15, -0.1) is 0 Å². The molecule has 2 aromatic rings. The fourth-order valence-corrected chi connectivity index (χ4v) is 4.22. The maximum atomic E-state index is 11.0. The minimum atomic E-state index is -0.299. The van der Waals surface area contributed by atoms with Crippen molar-refractivity contribution in [3.8, 4) is 0 Å². The highest BCUT2D eigenvalue weighted by molar-refractivity contribution is 7.66. The fourth-order valence-electron chi connectivity index (χ4n) is 2.27. The molecule has 0 fully saturated rings. The number of nitro groups is 1. The lowest BCUT2D eigenvalue weighted by Crippen LogP contribution is -2.07. The molecular formula is C14H16NO2P. The Morgan fingerprint density at radius 3 is 2.22 bits per heavy atom. The largest absolute Gasteiger partial charge is 0.277 e. The molecule has 18 heavy (non-hydrogen) atoms. The molecule has 0 aromatic heterocycles. The topological polar surface area (TPSA) is 43.1 Å². The van der Waals surface area contributed by atoms with Gasteiger partial charge < -0.3 is 0 Å². The van der Waals surface area contributed by atoms with Gasteiger partial charge in [-0.25, -0.2) is 0 Å². The standard InChI is InChI=1S/C14H16NO2P/c1-3-18(4-2)14-10-9-13(15(16)17)11-7-5-6-8-12(11)14/h5-10H,3-4H2,1-2H3. The van der Waals surface area contributed by atoms with Gasteiger partial charge in [-0.05, 0) is 35.1 Å². The first-order valence-electron chi connectivity index (χ1n) is 6.10. The third-order valence-corrected chi connectivity index (χ3v) is 5.78. The highest BCUT2D eigenvalue weighted by Gasteiger charge is 2.16. The van der Waals surface area contributed by atoms with E-state index in [4.69, 9.17) is 0 Å². The molecule has 0 atom stereocenters. The molecule has 0 unspecified atom stereocenters. The van der Waals surface area contributed by atoms with Gasteiger partial charge in [-0.2, -0.15) is 0 Å². The van der Waals surface area contributed by atoms with Crippen LogP contribution in [0.4, 0.5) is 5.69 Å². The Labute approximate surface area is 108 Å². The van der Waals surface area contributed by atoms with Gasteiger partial charge in [0.05, 0.1) is 10.3 Å². The summed E-state index contributed by atoms with van der Waals surface area (Å²) < 4.78 is 0. The number of benzene rings is 2. The minimum Gasteiger partial charge on any atom is -0.258 e. The van der Waals surface area contributed by atoms with E-state index in [1.54, 1.807) is 6.07 Å². The number of nitro benzene ring substituents is 1. The zero-order valence-corrected chi connectivity index (χ0v) is 11.5. The molecule has 3 nitrogen and oxygen atoms in total. The molecular weight excluding hydrogens is 245 g/mol. The van der Waals surface area contributed by atoms with Crippen molar-refractivity contribution in [3.05, 3.63) is 46.5 Å². The van der Waals surface area contributed by atoms with E-state index in [1.165, 1.54) is 5.30 Å². The van der Waals surface area contributed by atoms with Crippen LogP contribution in [0.2, 0.25) is 0 Å². The molecule has 0 saturated carbocycles. The highest BCUT2D eigenvalue weighted by atomic mass is 31.1. The van der Waals surface area contributed by atoms with Crippen molar-refractivity contribution in [3.63, 3.8) is 0 Å². The highest BCUT2D eigenvalue weighted by Crippen LogP contribution is 2.38. The summed E-state index contributed by atoms with van der Waals surface area (Å²) in [5, 5.41) is 14.1. The summed E-state index contributed by atoms with van der Waals surface area (Å²) in [6.45, 7) is 4.37. The van der Waals surface area contributed by atoms with Gasteiger partial charge in [0.2, 0.25) is 0 Å². The van der Waals surface area contributed by atoms with Crippen molar-refractivity contribution < 1.29 is 4.92 Å². The Bertz CT molecular complexity index is 579. The maximum Gasteiger partial charge on any atom is 0.277 e. The Kier molecular flexibility index (Phi) is 3.93. The first kappa shape index (κ1) is 13.0. The molecule has 0 N–H and O–H groups in total. The lowest BCUT2D eigenvalue weighted by atomic mass is 10.1. The average molecular weight is 261 g/mol. The van der Waals surface area contributed by atoms with E-state index in [9.17, 15) is 10.1 Å². The second kappa shape index (κ2) is 5.45. The summed E-state index contributed by atoms with van der Waals surface area (Å²) in [4.78, 5) is 10.7. The number of hydrogen-bond acceptors (Lipinski definition) is 2. The smallest absolute Gasteiger partial charge is 0.258 e. The molecule has 0 amide bonds. The van der Waals surface area contributed by atoms with Crippen LogP contribution in [0.3, 0.4) is 0 Å². The van der Waals surface area contributed by atoms with Gasteiger partial charge in [-0.3, -0.25) is 10.1 Å². The molecule has 2 aromatic carbocycles. The molecule has 0 saturated heterocycles. The van der Waals surface area contributed by atoms with E-state index in [0.717, 1.165) is 23.1 Å². The van der Waals surface area contributed by atoms with Gasteiger partial charge in [-0.1, -0.05) is 40.0 Å². The number of fused-ring (bicyclic) bond motifs is 1. The van der Waals surface area contributed by atoms with Crippen LogP contribution in [-0.2, 0) is 0 Å². The number of nitrogens with zero attached hydrogens (tertiary/aromatic N) is 1. The normalized spacial score (nSPS) is 11.1. The van der Waals surface area contributed by atoms with E-state index in [-0.39, 0.29) is 18.5 Å². The third kappa shape index (κ3) is 2.23. The fraction of sp³-hybridized carbons (Fsp3) is 0.286. The third-order valence-electron chi connectivity index (χ3n) is 3.18. The van der Waals surface area contributed by atoms with E-state index in [2.05, 4.69) is 13.8 Å². The summed E-state index contributed by atoms with van der Waals surface area (Å²) >= 11 is 0. The Morgan fingerprint density at radius 1 is 1.06 bits per heavy atom. The molecule has 0 aliphatic heterocycles. The molecule has 0 aliphatic rings. The van der Waals surface area contributed by atoms with E-state index in [0.29, 0.717) is 0 Å². The first-order valence-corrected chi connectivity index (χ1v) is 7.81. The predicted molar refractivity (Wildman–Crippen MR) is 78.2 cm³/mol. The number of non-ortho nitro benzene ring substituents is 1. The summed E-state index contributed by atoms with van der Waals surface area (Å²) in [5.41, 5.74) is 0.205. The SMILES string of the molecule is CCP(CC)c1ccc([N+](=O)[O-])c2ccccc12. The van der Waals surface area contributed by atoms with Crippen molar-refractivity contribution in [2.45, 2.75) is 13.8 Å². The van der Waals surface area contributed by atoms with Crippen molar-refractivity contribution in [2.75, 3.05) is 12.3 Å². The van der Waals surface area contributed by atoms with Gasteiger partial charge in [0.1, 0.15) is 0 Å². The lowest BCUT2D eigenvalue weighted by molar-refractivity contribution is -0.383. The molecule has 94 valence electrons. The molecule has 0 spiro atoms. The Balaban J connectivity index is 2.71. The van der Waals surface area contributed by atoms with Crippen molar-refractivity contribution in [1.82, 2.24) is 0 Å². The summed E-state index contributed by atoms with van der Waals surface area (Å²) in [6, 6.07) is 11.2. The van der Waals surface area contributed by atoms with Crippen molar-refractivity contribution >= 4 is 29.7 Å². The van der Waals surface area contributed by atoms with Gasteiger partial charge in [0.15, 0.2) is 0 Å². The molecule has 2 rings (SSSR count). The van der Waals surface area contributed by atoms with Crippen molar-refractivity contribution in [2.24, 2.45) is 0 Å². The van der Waals surface area contributed by atoms with Crippen LogP contribution in [0.1, 0.15) is 13.8 Å². The van der Waals surface area contributed by atoms with Crippen molar-refractivity contribution in [1.29, 1.82) is 0 Å². The van der Waals surface area contributed by atoms with Gasteiger partial charge in [0.25, 0.3) is 5.69 Å². The molecule has 0 bridgehead atoms. The van der Waals surface area contributed by atoms with Crippen LogP contribution < -0.4 is 5.30 Å². The lowest BCUT2D eigenvalue weighted by Gasteiger charge is -2.16. The van der Waals surface area contributed by atoms with Crippen LogP contribution in [-0.4, -0.2) is 17.2 Å². The molecule has 0 heterocycles. The summed E-state index contributed by atoms with van der Waals surface area (Å²) in [5.74, 6) is 0. The zero-order chi connectivity index (χ0) is 13.1. The predicted octanol–water partition coefficient (Wildman–Crippen LogP) is 3.90. The molecule has 4 heteroatoms. The van der Waals surface area contributed by atoms with Crippen LogP contribution in [0, 0.1) is 10.1 Å². The van der Waals surface area contributed by atoms with Crippen LogP contribution in [0.5, 0.6) is 0 Å². The monoisotopic (exact) mass is 261 g/mol. The van der Waals surface area contributed by atoms with E-state index < -0.39 is 0 Å². The second-order valence-corrected chi connectivity index (χ2v) is 6.91. The maximum absolute atomic E-state index is 11.0. The molecule has 0 radical (unpaired) electrons. The number of hydrogen-bond donors (Lipinski definition) is 0. The Hall–Kier alpha value is -1.47. The van der Waals surface area contributed by atoms with Crippen LogP contribution in [0.25, 0.3) is 10.8 Å². The average Bonchev–Trinajstić information content (AvgIpc) is 2.39. The number of rotatable bonds is 4.